The summed E-state index contributed by atoms with van der Waals surface area (Å²) in [5.74, 6) is -0.201. The molecule has 0 amide bonds. The molecule has 3 N–H and O–H groups in total. The van der Waals surface area contributed by atoms with Crippen molar-refractivity contribution in [2.24, 2.45) is 10.7 Å². The van der Waals surface area contributed by atoms with Crippen molar-refractivity contribution in [3.8, 4) is 0 Å². The van der Waals surface area contributed by atoms with E-state index in [2.05, 4.69) is 11.7 Å². The van der Waals surface area contributed by atoms with Crippen molar-refractivity contribution in [3.05, 3.63) is 11.8 Å². The number of hydrogen-bond acceptors (Lipinski definition) is 3. The minimum Gasteiger partial charge on any atom is -0.404 e. The maximum atomic E-state index is 9.96. The van der Waals surface area contributed by atoms with Gasteiger partial charge in [-0.3, -0.25) is 10.2 Å². The van der Waals surface area contributed by atoms with Crippen LogP contribution in [0.2, 0.25) is 0 Å². The third kappa shape index (κ3) is 1.85. The number of nitrogens with two attached hydrogens (primary N) is 1. The number of nitrogens with zero attached hydrogens (tertiary/aromatic N) is 1. The first-order valence-electron chi connectivity index (χ1n) is 2.19. The van der Waals surface area contributed by atoms with Crippen molar-refractivity contribution in [3.63, 3.8) is 0 Å². The lowest BCUT2D eigenvalue weighted by molar-refractivity contribution is -0.104. The molecule has 0 fully saturated rings. The molecular formula is C5H7N3O. The van der Waals surface area contributed by atoms with E-state index in [1.807, 2.05) is 0 Å². The summed E-state index contributed by atoms with van der Waals surface area (Å²) in [5.41, 5.74) is 4.98. The van der Waals surface area contributed by atoms with Gasteiger partial charge in [0, 0.05) is 6.20 Å². The Morgan fingerprint density at radius 3 is 2.44 bits per heavy atom. The molecule has 0 aromatic rings. The predicted molar refractivity (Wildman–Crippen MR) is 35.6 cm³/mol. The SMILES string of the molecule is C=NC(=N)C(C=O)=CN. The fraction of sp³-hybridized carbons (Fsp3) is 0. The third-order valence-electron chi connectivity index (χ3n) is 0.738. The lowest BCUT2D eigenvalue weighted by Crippen LogP contribution is -2.00. The second-order valence-corrected chi connectivity index (χ2v) is 1.25. The summed E-state index contributed by atoms with van der Waals surface area (Å²) < 4.78 is 0. The van der Waals surface area contributed by atoms with Crippen LogP contribution in [0.5, 0.6) is 0 Å². The highest BCUT2D eigenvalue weighted by molar-refractivity contribution is 6.13. The van der Waals surface area contributed by atoms with Crippen molar-refractivity contribution in [2.75, 3.05) is 0 Å². The van der Waals surface area contributed by atoms with Gasteiger partial charge in [-0.25, -0.2) is 4.99 Å². The number of aldehydes is 1. The maximum absolute atomic E-state index is 9.96. The number of carbonyl (C=O) groups is 1. The van der Waals surface area contributed by atoms with Gasteiger partial charge in [-0.1, -0.05) is 0 Å². The van der Waals surface area contributed by atoms with E-state index >= 15 is 0 Å². The second-order valence-electron chi connectivity index (χ2n) is 1.25. The molecule has 0 aliphatic carbocycles. The Kier molecular flexibility index (Phi) is 2.97. The molecule has 0 saturated carbocycles. The van der Waals surface area contributed by atoms with E-state index in [0.717, 1.165) is 6.20 Å². The van der Waals surface area contributed by atoms with Gasteiger partial charge in [0.2, 0.25) is 0 Å². The van der Waals surface area contributed by atoms with E-state index in [1.54, 1.807) is 0 Å². The first kappa shape index (κ1) is 7.55. The highest BCUT2D eigenvalue weighted by atomic mass is 16.1. The molecule has 0 aliphatic heterocycles. The Balaban J connectivity index is 4.31. The van der Waals surface area contributed by atoms with Crippen LogP contribution in [0, 0.1) is 5.41 Å². The van der Waals surface area contributed by atoms with Crippen LogP contribution in [0.3, 0.4) is 0 Å². The number of nitrogens with one attached hydrogen (secondary N) is 1. The quantitative estimate of drug-likeness (QED) is 0.230. The maximum Gasteiger partial charge on any atom is 0.155 e. The van der Waals surface area contributed by atoms with E-state index in [1.165, 1.54) is 0 Å². The van der Waals surface area contributed by atoms with Crippen molar-refractivity contribution in [1.29, 1.82) is 5.41 Å². The van der Waals surface area contributed by atoms with Crippen LogP contribution in [0.4, 0.5) is 0 Å². The summed E-state index contributed by atoms with van der Waals surface area (Å²) >= 11 is 0. The Hall–Kier alpha value is -1.45. The summed E-state index contributed by atoms with van der Waals surface area (Å²) in [4.78, 5) is 13.1. The van der Waals surface area contributed by atoms with Crippen LogP contribution in [0.1, 0.15) is 0 Å². The first-order valence-corrected chi connectivity index (χ1v) is 2.19. The molecule has 0 unspecified atom stereocenters. The summed E-state index contributed by atoms with van der Waals surface area (Å²) in [6.45, 7) is 3.05. The Morgan fingerprint density at radius 1 is 1.78 bits per heavy atom. The summed E-state index contributed by atoms with van der Waals surface area (Å²) in [6, 6.07) is 0. The molecule has 4 nitrogen and oxygen atoms in total. The fourth-order valence-electron chi connectivity index (χ4n) is 0.265. The average Bonchev–Trinajstić information content (AvgIpc) is 1.90. The van der Waals surface area contributed by atoms with E-state index in [9.17, 15) is 4.79 Å². The molecule has 0 atom stereocenters. The van der Waals surface area contributed by atoms with Crippen LogP contribution in [-0.4, -0.2) is 18.8 Å². The number of carbonyl (C=O) groups excluding carboxylic acids is 1. The normalized spacial score (nSPS) is 10.4. The number of aliphatic imine (C=N–C) groups is 1. The monoisotopic (exact) mass is 125 g/mol. The molecule has 0 saturated heterocycles. The Labute approximate surface area is 52.6 Å². The van der Waals surface area contributed by atoms with Gasteiger partial charge in [0.1, 0.15) is 0 Å². The second kappa shape index (κ2) is 3.54. The molecule has 48 valence electrons. The molecule has 0 spiro atoms. The topological polar surface area (TPSA) is 79.3 Å². The molecule has 9 heavy (non-hydrogen) atoms. The molecule has 0 rings (SSSR count). The molecule has 0 aliphatic rings. The van der Waals surface area contributed by atoms with Crippen molar-refractivity contribution in [2.45, 2.75) is 0 Å². The van der Waals surface area contributed by atoms with Gasteiger partial charge in [-0.15, -0.1) is 0 Å². The predicted octanol–water partition coefficient (Wildman–Crippen LogP) is -0.294. The standard InChI is InChI=1S/C5H7N3O/c1-8-5(7)4(2-6)3-9/h2-3,7H,1,6H2. The zero-order valence-corrected chi connectivity index (χ0v) is 4.79. The number of amidine groups is 1. The van der Waals surface area contributed by atoms with Gasteiger partial charge in [-0.05, 0) is 6.72 Å². The van der Waals surface area contributed by atoms with Gasteiger partial charge in [0.25, 0.3) is 0 Å². The Bertz CT molecular complexity index is 171. The van der Waals surface area contributed by atoms with Crippen molar-refractivity contribution in [1.82, 2.24) is 0 Å². The zero-order chi connectivity index (χ0) is 7.28. The molecule has 0 aromatic heterocycles. The molecule has 0 bridgehead atoms. The van der Waals surface area contributed by atoms with Gasteiger partial charge in [-0.2, -0.15) is 0 Å². The van der Waals surface area contributed by atoms with Crippen LogP contribution < -0.4 is 5.73 Å². The third-order valence-corrected chi connectivity index (χ3v) is 0.738. The molecule has 0 aromatic carbocycles. The summed E-state index contributed by atoms with van der Waals surface area (Å²) in [6.07, 6.45) is 1.47. The first-order chi connectivity index (χ1) is 4.26. The Morgan fingerprint density at radius 2 is 2.33 bits per heavy atom. The number of hydrogen-bond donors (Lipinski definition) is 2. The van der Waals surface area contributed by atoms with Crippen molar-refractivity contribution < 1.29 is 4.79 Å². The van der Waals surface area contributed by atoms with Crippen LogP contribution in [0.15, 0.2) is 16.8 Å². The lowest BCUT2D eigenvalue weighted by Gasteiger charge is -1.89. The van der Waals surface area contributed by atoms with Gasteiger partial charge >= 0.3 is 0 Å². The summed E-state index contributed by atoms with van der Waals surface area (Å²) in [5, 5.41) is 6.89. The van der Waals surface area contributed by atoms with Gasteiger partial charge in [0.15, 0.2) is 12.1 Å². The number of rotatable bonds is 2. The van der Waals surface area contributed by atoms with Crippen LogP contribution in [0.25, 0.3) is 0 Å². The minimum absolute atomic E-state index is 0.0463. The highest BCUT2D eigenvalue weighted by Crippen LogP contribution is 1.88. The molecule has 0 heterocycles. The van der Waals surface area contributed by atoms with E-state index in [4.69, 9.17) is 11.1 Å². The smallest absolute Gasteiger partial charge is 0.155 e. The van der Waals surface area contributed by atoms with E-state index < -0.39 is 0 Å². The largest absolute Gasteiger partial charge is 0.404 e. The van der Waals surface area contributed by atoms with E-state index in [0.29, 0.717) is 6.29 Å². The average molecular weight is 125 g/mol. The molecule has 0 radical (unpaired) electrons. The summed E-state index contributed by atoms with van der Waals surface area (Å²) in [7, 11) is 0. The van der Waals surface area contributed by atoms with Crippen LogP contribution >= 0.6 is 0 Å². The fourth-order valence-corrected chi connectivity index (χ4v) is 0.265. The van der Waals surface area contributed by atoms with Crippen molar-refractivity contribution >= 4 is 18.8 Å². The van der Waals surface area contributed by atoms with E-state index in [-0.39, 0.29) is 11.4 Å². The molecule has 4 heteroatoms. The minimum atomic E-state index is -0.201. The zero-order valence-electron chi connectivity index (χ0n) is 4.79. The van der Waals surface area contributed by atoms with Crippen LogP contribution in [-0.2, 0) is 4.79 Å². The van der Waals surface area contributed by atoms with Gasteiger partial charge in [0.05, 0.1) is 5.57 Å². The van der Waals surface area contributed by atoms with Gasteiger partial charge < -0.3 is 5.73 Å². The lowest BCUT2D eigenvalue weighted by atomic mass is 10.3. The highest BCUT2D eigenvalue weighted by Gasteiger charge is 1.97. The molecular weight excluding hydrogens is 118 g/mol.